The topological polar surface area (TPSA) is 57.6 Å². The fraction of sp³-hybridized carbons (Fsp3) is 0.529. The van der Waals surface area contributed by atoms with E-state index < -0.39 is 5.97 Å². The first-order chi connectivity index (χ1) is 9.92. The standard InChI is InChI=1S/C17H23NO3/c1-17(10-4-3-5-11-17)16(21)18(2)12-13-6-8-14(9-7-13)15(19)20/h6-9H,3-5,10-12H2,1-2H3,(H,19,20). The zero-order valence-electron chi connectivity index (χ0n) is 12.8. The first-order valence-corrected chi connectivity index (χ1v) is 7.50. The summed E-state index contributed by atoms with van der Waals surface area (Å²) in [6.07, 6.45) is 5.41. The van der Waals surface area contributed by atoms with Gasteiger partial charge >= 0.3 is 5.97 Å². The summed E-state index contributed by atoms with van der Waals surface area (Å²) in [6.45, 7) is 2.59. The van der Waals surface area contributed by atoms with Gasteiger partial charge in [-0.1, -0.05) is 38.3 Å². The van der Waals surface area contributed by atoms with Crippen LogP contribution in [0, 0.1) is 5.41 Å². The highest BCUT2D eigenvalue weighted by Gasteiger charge is 2.36. The average molecular weight is 289 g/mol. The number of carboxylic acid groups (broad SMARTS) is 1. The number of benzene rings is 1. The summed E-state index contributed by atoms with van der Waals surface area (Å²) in [6, 6.07) is 6.71. The molecule has 21 heavy (non-hydrogen) atoms. The van der Waals surface area contributed by atoms with Crippen LogP contribution in [0.25, 0.3) is 0 Å². The number of hydrogen-bond acceptors (Lipinski definition) is 2. The summed E-state index contributed by atoms with van der Waals surface area (Å²) in [5.41, 5.74) is 0.996. The highest BCUT2D eigenvalue weighted by atomic mass is 16.4. The van der Waals surface area contributed by atoms with Crippen LogP contribution in [0.2, 0.25) is 0 Å². The summed E-state index contributed by atoms with van der Waals surface area (Å²) in [5.74, 6) is -0.731. The molecule has 114 valence electrons. The van der Waals surface area contributed by atoms with E-state index in [2.05, 4.69) is 6.92 Å². The predicted octanol–water partition coefficient (Wildman–Crippen LogP) is 3.31. The maximum absolute atomic E-state index is 12.6. The Labute approximate surface area is 125 Å². The quantitative estimate of drug-likeness (QED) is 0.925. The smallest absolute Gasteiger partial charge is 0.335 e. The second-order valence-electron chi connectivity index (χ2n) is 6.28. The van der Waals surface area contributed by atoms with E-state index in [1.54, 1.807) is 29.2 Å². The van der Waals surface area contributed by atoms with Crippen molar-refractivity contribution in [2.24, 2.45) is 5.41 Å². The molecule has 0 saturated heterocycles. The van der Waals surface area contributed by atoms with Gasteiger partial charge in [-0.15, -0.1) is 0 Å². The third-order valence-electron chi connectivity index (χ3n) is 4.44. The molecule has 1 fully saturated rings. The number of carbonyl (C=O) groups excluding carboxylic acids is 1. The first kappa shape index (κ1) is 15.5. The maximum Gasteiger partial charge on any atom is 0.335 e. The highest BCUT2D eigenvalue weighted by Crippen LogP contribution is 2.37. The van der Waals surface area contributed by atoms with Gasteiger partial charge in [0, 0.05) is 19.0 Å². The zero-order valence-corrected chi connectivity index (χ0v) is 12.8. The number of amides is 1. The lowest BCUT2D eigenvalue weighted by Gasteiger charge is -2.35. The maximum atomic E-state index is 12.6. The number of hydrogen-bond donors (Lipinski definition) is 1. The van der Waals surface area contributed by atoms with E-state index in [0.717, 1.165) is 31.2 Å². The molecule has 0 heterocycles. The van der Waals surface area contributed by atoms with Crippen LogP contribution >= 0.6 is 0 Å². The summed E-state index contributed by atoms with van der Waals surface area (Å²) < 4.78 is 0. The molecule has 0 unspecified atom stereocenters. The molecule has 0 spiro atoms. The summed E-state index contributed by atoms with van der Waals surface area (Å²) in [4.78, 5) is 25.2. The molecule has 1 aromatic carbocycles. The highest BCUT2D eigenvalue weighted by molar-refractivity contribution is 5.87. The van der Waals surface area contributed by atoms with E-state index in [9.17, 15) is 9.59 Å². The molecule has 4 heteroatoms. The van der Waals surface area contributed by atoms with Crippen molar-refractivity contribution in [3.8, 4) is 0 Å². The molecule has 4 nitrogen and oxygen atoms in total. The first-order valence-electron chi connectivity index (χ1n) is 7.50. The minimum absolute atomic E-state index is 0.199. The van der Waals surface area contributed by atoms with Crippen molar-refractivity contribution in [1.82, 2.24) is 4.90 Å². The molecule has 0 atom stereocenters. The molecule has 1 aromatic rings. The lowest BCUT2D eigenvalue weighted by molar-refractivity contribution is -0.142. The van der Waals surface area contributed by atoms with Crippen LogP contribution < -0.4 is 0 Å². The molecule has 1 aliphatic rings. The minimum atomic E-state index is -0.930. The Morgan fingerprint density at radius 2 is 1.71 bits per heavy atom. The van der Waals surface area contributed by atoms with Gasteiger partial charge in [-0.2, -0.15) is 0 Å². The van der Waals surface area contributed by atoms with E-state index in [-0.39, 0.29) is 16.9 Å². The molecule has 0 radical (unpaired) electrons. The van der Waals surface area contributed by atoms with Crippen molar-refractivity contribution in [1.29, 1.82) is 0 Å². The fourth-order valence-electron chi connectivity index (χ4n) is 3.11. The van der Waals surface area contributed by atoms with Gasteiger partial charge in [0.15, 0.2) is 0 Å². The molecule has 0 aromatic heterocycles. The second kappa shape index (κ2) is 6.29. The SMILES string of the molecule is CN(Cc1ccc(C(=O)O)cc1)C(=O)C1(C)CCCCC1. The van der Waals surface area contributed by atoms with Crippen molar-refractivity contribution in [3.05, 3.63) is 35.4 Å². The fourth-order valence-corrected chi connectivity index (χ4v) is 3.11. The van der Waals surface area contributed by atoms with Gasteiger partial charge in [0.25, 0.3) is 0 Å². The Kier molecular flexibility index (Phi) is 4.66. The monoisotopic (exact) mass is 289 g/mol. The van der Waals surface area contributed by atoms with Crippen LogP contribution in [0.15, 0.2) is 24.3 Å². The number of carbonyl (C=O) groups is 2. The zero-order chi connectivity index (χ0) is 15.5. The summed E-state index contributed by atoms with van der Waals surface area (Å²) >= 11 is 0. The molecular formula is C17H23NO3. The third-order valence-corrected chi connectivity index (χ3v) is 4.44. The van der Waals surface area contributed by atoms with Crippen molar-refractivity contribution in [3.63, 3.8) is 0 Å². The van der Waals surface area contributed by atoms with E-state index >= 15 is 0 Å². The van der Waals surface area contributed by atoms with Crippen LogP contribution in [0.3, 0.4) is 0 Å². The molecule has 1 amide bonds. The Morgan fingerprint density at radius 3 is 2.24 bits per heavy atom. The normalized spacial score (nSPS) is 17.2. The third kappa shape index (κ3) is 3.63. The molecule has 2 rings (SSSR count). The Morgan fingerprint density at radius 1 is 1.14 bits per heavy atom. The average Bonchev–Trinajstić information content (AvgIpc) is 2.47. The van der Waals surface area contributed by atoms with E-state index in [1.165, 1.54) is 6.42 Å². The van der Waals surface area contributed by atoms with E-state index in [0.29, 0.717) is 6.54 Å². The van der Waals surface area contributed by atoms with Gasteiger partial charge in [-0.05, 0) is 30.5 Å². The van der Waals surface area contributed by atoms with Crippen molar-refractivity contribution >= 4 is 11.9 Å². The lowest BCUT2D eigenvalue weighted by Crippen LogP contribution is -2.41. The molecule has 1 N–H and O–H groups in total. The van der Waals surface area contributed by atoms with Gasteiger partial charge in [0.2, 0.25) is 5.91 Å². The Bertz CT molecular complexity index is 515. The van der Waals surface area contributed by atoms with Crippen LogP contribution in [0.1, 0.15) is 54.9 Å². The predicted molar refractivity (Wildman–Crippen MR) is 81.1 cm³/mol. The minimum Gasteiger partial charge on any atom is -0.478 e. The van der Waals surface area contributed by atoms with E-state index in [1.807, 2.05) is 7.05 Å². The Balaban J connectivity index is 2.01. The van der Waals surface area contributed by atoms with Crippen molar-refractivity contribution in [2.75, 3.05) is 7.05 Å². The molecule has 1 aliphatic carbocycles. The number of rotatable bonds is 4. The van der Waals surface area contributed by atoms with Crippen LogP contribution in [-0.4, -0.2) is 28.9 Å². The van der Waals surface area contributed by atoms with Gasteiger partial charge in [-0.25, -0.2) is 4.79 Å². The number of nitrogens with zero attached hydrogens (tertiary/aromatic N) is 1. The molecule has 0 aliphatic heterocycles. The van der Waals surface area contributed by atoms with Crippen LogP contribution in [0.4, 0.5) is 0 Å². The van der Waals surface area contributed by atoms with Gasteiger partial charge in [0.05, 0.1) is 5.56 Å². The number of aromatic carboxylic acids is 1. The second-order valence-corrected chi connectivity index (χ2v) is 6.28. The van der Waals surface area contributed by atoms with Gasteiger partial charge < -0.3 is 10.0 Å². The van der Waals surface area contributed by atoms with E-state index in [4.69, 9.17) is 5.11 Å². The molecular weight excluding hydrogens is 266 g/mol. The number of carboxylic acids is 1. The van der Waals surface area contributed by atoms with Crippen molar-refractivity contribution in [2.45, 2.75) is 45.6 Å². The van der Waals surface area contributed by atoms with Gasteiger partial charge in [0.1, 0.15) is 0 Å². The van der Waals surface area contributed by atoms with Crippen LogP contribution in [0.5, 0.6) is 0 Å². The Hall–Kier alpha value is -1.84. The largest absolute Gasteiger partial charge is 0.478 e. The molecule has 1 saturated carbocycles. The van der Waals surface area contributed by atoms with Gasteiger partial charge in [-0.3, -0.25) is 4.79 Å². The van der Waals surface area contributed by atoms with Crippen molar-refractivity contribution < 1.29 is 14.7 Å². The lowest BCUT2D eigenvalue weighted by atomic mass is 9.74. The van der Waals surface area contributed by atoms with Crippen LogP contribution in [-0.2, 0) is 11.3 Å². The molecule has 0 bridgehead atoms. The summed E-state index contributed by atoms with van der Waals surface area (Å²) in [7, 11) is 1.83. The summed E-state index contributed by atoms with van der Waals surface area (Å²) in [5, 5.41) is 8.89.